The number of methoxy groups -OCH3 is 4. The Morgan fingerprint density at radius 3 is 2.03 bits per heavy atom. The van der Waals surface area contributed by atoms with Gasteiger partial charge in [0.25, 0.3) is 11.6 Å². The molecule has 2 rings (SSSR count). The number of nitro benzene ring substituents is 1. The van der Waals surface area contributed by atoms with Crippen molar-refractivity contribution in [1.82, 2.24) is 5.32 Å². The maximum absolute atomic E-state index is 12.4. The molecular formula is C19H21N3O8. The number of nitrogens with one attached hydrogen (secondary N) is 2. The Bertz CT molecular complexity index is 936. The first-order chi connectivity index (χ1) is 14.3. The molecule has 0 fully saturated rings. The molecule has 0 saturated heterocycles. The van der Waals surface area contributed by atoms with Crippen LogP contribution >= 0.6 is 0 Å². The van der Waals surface area contributed by atoms with Crippen LogP contribution in [-0.2, 0) is 4.79 Å². The molecule has 0 unspecified atom stereocenters. The van der Waals surface area contributed by atoms with Crippen LogP contribution in [-0.4, -0.2) is 51.7 Å². The molecule has 30 heavy (non-hydrogen) atoms. The molecule has 0 saturated carbocycles. The standard InChI is InChI=1S/C19H21N3O8/c1-27-14-9-12(22(25)26)5-6-13(14)21-17(23)10-20-19(24)11-7-15(28-2)18(30-4)16(8-11)29-3/h5-9H,10H2,1-4H3,(H,20,24)(H,21,23). The van der Waals surface area contributed by atoms with E-state index in [1.54, 1.807) is 0 Å². The van der Waals surface area contributed by atoms with E-state index in [9.17, 15) is 19.7 Å². The normalized spacial score (nSPS) is 10.0. The van der Waals surface area contributed by atoms with Crippen molar-refractivity contribution in [1.29, 1.82) is 0 Å². The minimum absolute atomic E-state index is 0.119. The third-order valence-corrected chi connectivity index (χ3v) is 4.01. The van der Waals surface area contributed by atoms with Gasteiger partial charge in [0.15, 0.2) is 11.5 Å². The summed E-state index contributed by atoms with van der Waals surface area (Å²) < 4.78 is 20.7. The van der Waals surface area contributed by atoms with Gasteiger partial charge in [-0.3, -0.25) is 19.7 Å². The van der Waals surface area contributed by atoms with Gasteiger partial charge in [-0.15, -0.1) is 0 Å². The van der Waals surface area contributed by atoms with Crippen molar-refractivity contribution in [2.75, 3.05) is 40.3 Å². The first kappa shape index (κ1) is 22.3. The first-order valence-corrected chi connectivity index (χ1v) is 8.55. The number of nitrogens with zero attached hydrogens (tertiary/aromatic N) is 1. The number of non-ortho nitro benzene ring substituents is 1. The van der Waals surface area contributed by atoms with E-state index in [-0.39, 0.29) is 29.2 Å². The maximum atomic E-state index is 12.4. The molecule has 11 nitrogen and oxygen atoms in total. The number of carbonyl (C=O) groups is 2. The number of nitro groups is 1. The predicted octanol–water partition coefficient (Wildman–Crippen LogP) is 2.00. The molecule has 0 aliphatic rings. The van der Waals surface area contributed by atoms with E-state index in [0.717, 1.165) is 0 Å². The summed E-state index contributed by atoms with van der Waals surface area (Å²) in [7, 11) is 5.60. The minimum Gasteiger partial charge on any atom is -0.494 e. The lowest BCUT2D eigenvalue weighted by Crippen LogP contribution is -2.33. The largest absolute Gasteiger partial charge is 0.494 e. The maximum Gasteiger partial charge on any atom is 0.273 e. The van der Waals surface area contributed by atoms with Gasteiger partial charge in [0.05, 0.1) is 51.7 Å². The molecule has 2 N–H and O–H groups in total. The molecule has 2 amide bonds. The van der Waals surface area contributed by atoms with E-state index in [0.29, 0.717) is 17.2 Å². The molecule has 0 bridgehead atoms. The fourth-order valence-electron chi connectivity index (χ4n) is 2.57. The molecule has 0 aromatic heterocycles. The number of hydrogen-bond acceptors (Lipinski definition) is 8. The molecule has 2 aromatic carbocycles. The van der Waals surface area contributed by atoms with Crippen molar-refractivity contribution in [2.24, 2.45) is 0 Å². The van der Waals surface area contributed by atoms with Crippen molar-refractivity contribution in [3.63, 3.8) is 0 Å². The molecule has 0 spiro atoms. The molecule has 0 aliphatic heterocycles. The van der Waals surface area contributed by atoms with Gasteiger partial charge in [0.1, 0.15) is 5.75 Å². The van der Waals surface area contributed by atoms with Gasteiger partial charge in [0.2, 0.25) is 11.7 Å². The molecular weight excluding hydrogens is 398 g/mol. The number of ether oxygens (including phenoxy) is 4. The monoisotopic (exact) mass is 419 g/mol. The zero-order valence-corrected chi connectivity index (χ0v) is 16.8. The van der Waals surface area contributed by atoms with Crippen LogP contribution in [0.2, 0.25) is 0 Å². The number of amides is 2. The van der Waals surface area contributed by atoms with Crippen LogP contribution in [0, 0.1) is 10.1 Å². The van der Waals surface area contributed by atoms with Gasteiger partial charge in [-0.1, -0.05) is 0 Å². The van der Waals surface area contributed by atoms with Crippen molar-refractivity contribution >= 4 is 23.2 Å². The quantitative estimate of drug-likeness (QED) is 0.465. The Morgan fingerprint density at radius 1 is 0.933 bits per heavy atom. The summed E-state index contributed by atoms with van der Waals surface area (Å²) in [6, 6.07) is 6.66. The summed E-state index contributed by atoms with van der Waals surface area (Å²) in [5, 5.41) is 15.8. The average molecular weight is 419 g/mol. The lowest BCUT2D eigenvalue weighted by atomic mass is 10.1. The summed E-state index contributed by atoms with van der Waals surface area (Å²) in [4.78, 5) is 34.9. The lowest BCUT2D eigenvalue weighted by molar-refractivity contribution is -0.384. The van der Waals surface area contributed by atoms with Crippen molar-refractivity contribution in [3.8, 4) is 23.0 Å². The van der Waals surface area contributed by atoms with Crippen molar-refractivity contribution in [3.05, 3.63) is 46.0 Å². The van der Waals surface area contributed by atoms with Gasteiger partial charge in [-0.05, 0) is 18.2 Å². The Hall–Kier alpha value is -4.02. The zero-order valence-electron chi connectivity index (χ0n) is 16.8. The topological polar surface area (TPSA) is 138 Å². The van der Waals surface area contributed by atoms with Gasteiger partial charge < -0.3 is 29.6 Å². The summed E-state index contributed by atoms with van der Waals surface area (Å²) >= 11 is 0. The molecule has 2 aromatic rings. The highest BCUT2D eigenvalue weighted by Crippen LogP contribution is 2.38. The summed E-state index contributed by atoms with van der Waals surface area (Å²) in [6.07, 6.45) is 0. The van der Waals surface area contributed by atoms with E-state index < -0.39 is 16.7 Å². The van der Waals surface area contributed by atoms with E-state index in [1.165, 1.54) is 58.8 Å². The third kappa shape index (κ3) is 5.07. The second-order valence-corrected chi connectivity index (χ2v) is 5.79. The Morgan fingerprint density at radius 2 is 1.53 bits per heavy atom. The minimum atomic E-state index is -0.578. The number of carbonyl (C=O) groups excluding carboxylic acids is 2. The Labute approximate surface area is 172 Å². The molecule has 0 aliphatic carbocycles. The highest BCUT2D eigenvalue weighted by Gasteiger charge is 2.18. The van der Waals surface area contributed by atoms with Crippen LogP contribution in [0.3, 0.4) is 0 Å². The van der Waals surface area contributed by atoms with Crippen molar-refractivity contribution < 1.29 is 33.5 Å². The molecule has 0 atom stereocenters. The predicted molar refractivity (Wildman–Crippen MR) is 107 cm³/mol. The van der Waals surface area contributed by atoms with Crippen LogP contribution in [0.4, 0.5) is 11.4 Å². The second kappa shape index (κ2) is 9.96. The highest BCUT2D eigenvalue weighted by molar-refractivity contribution is 6.00. The summed E-state index contributed by atoms with van der Waals surface area (Å²) in [5.41, 5.74) is 0.251. The fraction of sp³-hybridized carbons (Fsp3) is 0.263. The van der Waals surface area contributed by atoms with Crippen LogP contribution in [0.1, 0.15) is 10.4 Å². The SMILES string of the molecule is COc1cc([N+](=O)[O-])ccc1NC(=O)CNC(=O)c1cc(OC)c(OC)c(OC)c1. The molecule has 160 valence electrons. The highest BCUT2D eigenvalue weighted by atomic mass is 16.6. The number of rotatable bonds is 9. The summed E-state index contributed by atoms with van der Waals surface area (Å²) in [5.74, 6) is -0.0554. The van der Waals surface area contributed by atoms with Gasteiger partial charge in [0, 0.05) is 11.6 Å². The van der Waals surface area contributed by atoms with E-state index in [1.807, 2.05) is 0 Å². The smallest absolute Gasteiger partial charge is 0.273 e. The van der Waals surface area contributed by atoms with E-state index in [4.69, 9.17) is 18.9 Å². The number of benzene rings is 2. The van der Waals surface area contributed by atoms with Crippen LogP contribution in [0.5, 0.6) is 23.0 Å². The van der Waals surface area contributed by atoms with Gasteiger partial charge in [-0.25, -0.2) is 0 Å². The second-order valence-electron chi connectivity index (χ2n) is 5.79. The number of anilines is 1. The van der Waals surface area contributed by atoms with Gasteiger partial charge >= 0.3 is 0 Å². The molecule has 11 heteroatoms. The van der Waals surface area contributed by atoms with E-state index in [2.05, 4.69) is 10.6 Å². The van der Waals surface area contributed by atoms with Crippen LogP contribution in [0.15, 0.2) is 30.3 Å². The van der Waals surface area contributed by atoms with Crippen LogP contribution < -0.4 is 29.6 Å². The van der Waals surface area contributed by atoms with E-state index >= 15 is 0 Å². The first-order valence-electron chi connectivity index (χ1n) is 8.55. The fourth-order valence-corrected chi connectivity index (χ4v) is 2.57. The van der Waals surface area contributed by atoms with Gasteiger partial charge in [-0.2, -0.15) is 0 Å². The molecule has 0 heterocycles. The Balaban J connectivity index is 2.08. The van der Waals surface area contributed by atoms with Crippen molar-refractivity contribution in [2.45, 2.75) is 0 Å². The number of hydrogen-bond donors (Lipinski definition) is 2. The Kier molecular flexibility index (Phi) is 7.39. The average Bonchev–Trinajstić information content (AvgIpc) is 2.76. The van der Waals surface area contributed by atoms with Crippen LogP contribution in [0.25, 0.3) is 0 Å². The third-order valence-electron chi connectivity index (χ3n) is 4.01. The summed E-state index contributed by atoms with van der Waals surface area (Å²) in [6.45, 7) is -0.352. The lowest BCUT2D eigenvalue weighted by Gasteiger charge is -2.14. The molecule has 0 radical (unpaired) electrons. The zero-order chi connectivity index (χ0) is 22.3.